The SMILES string of the molecule is CCCNCc1cccc(S(=O)(=O)NCCOC(C)C)c1. The largest absolute Gasteiger partial charge is 0.377 e. The molecule has 21 heavy (non-hydrogen) atoms. The molecule has 5 nitrogen and oxygen atoms in total. The maximum atomic E-state index is 12.2. The first kappa shape index (κ1) is 18.1. The highest BCUT2D eigenvalue weighted by atomic mass is 32.2. The van der Waals surface area contributed by atoms with Crippen molar-refractivity contribution in [2.45, 2.75) is 44.7 Å². The Morgan fingerprint density at radius 2 is 2.00 bits per heavy atom. The van der Waals surface area contributed by atoms with Crippen molar-refractivity contribution in [2.75, 3.05) is 19.7 Å². The Labute approximate surface area is 128 Å². The van der Waals surface area contributed by atoms with Gasteiger partial charge in [0.05, 0.1) is 17.6 Å². The molecular formula is C15H26N2O3S. The first-order valence-electron chi connectivity index (χ1n) is 7.36. The molecule has 0 saturated heterocycles. The van der Waals surface area contributed by atoms with Crippen LogP contribution in [0.2, 0.25) is 0 Å². The second-order valence-corrected chi connectivity index (χ2v) is 6.91. The van der Waals surface area contributed by atoms with Crippen LogP contribution in [0.1, 0.15) is 32.8 Å². The molecule has 0 amide bonds. The number of ether oxygens (including phenoxy) is 1. The molecule has 0 aromatic heterocycles. The third-order valence-electron chi connectivity index (χ3n) is 2.81. The molecule has 0 aliphatic carbocycles. The van der Waals surface area contributed by atoms with E-state index in [1.807, 2.05) is 19.9 Å². The molecule has 6 heteroatoms. The van der Waals surface area contributed by atoms with Gasteiger partial charge in [-0.15, -0.1) is 0 Å². The number of rotatable bonds is 10. The molecule has 0 aliphatic rings. The Hall–Kier alpha value is -0.950. The lowest BCUT2D eigenvalue weighted by molar-refractivity contribution is 0.0834. The van der Waals surface area contributed by atoms with Crippen LogP contribution in [0, 0.1) is 0 Å². The Morgan fingerprint density at radius 3 is 2.67 bits per heavy atom. The van der Waals surface area contributed by atoms with Gasteiger partial charge in [-0.25, -0.2) is 13.1 Å². The zero-order valence-electron chi connectivity index (χ0n) is 13.1. The average Bonchev–Trinajstić information content (AvgIpc) is 2.44. The smallest absolute Gasteiger partial charge is 0.240 e. The molecule has 0 fully saturated rings. The Morgan fingerprint density at radius 1 is 1.24 bits per heavy atom. The zero-order valence-corrected chi connectivity index (χ0v) is 13.9. The summed E-state index contributed by atoms with van der Waals surface area (Å²) >= 11 is 0. The number of hydrogen-bond donors (Lipinski definition) is 2. The molecule has 0 bridgehead atoms. The van der Waals surface area contributed by atoms with Crippen molar-refractivity contribution in [1.82, 2.24) is 10.0 Å². The van der Waals surface area contributed by atoms with Crippen LogP contribution in [0.25, 0.3) is 0 Å². The van der Waals surface area contributed by atoms with Crippen molar-refractivity contribution in [2.24, 2.45) is 0 Å². The van der Waals surface area contributed by atoms with Gasteiger partial charge in [-0.3, -0.25) is 0 Å². The summed E-state index contributed by atoms with van der Waals surface area (Å²) in [5, 5.41) is 3.26. The van der Waals surface area contributed by atoms with Gasteiger partial charge in [0.25, 0.3) is 0 Å². The number of hydrogen-bond acceptors (Lipinski definition) is 4. The average molecular weight is 314 g/mol. The molecule has 0 aliphatic heterocycles. The standard InChI is InChI=1S/C15H26N2O3S/c1-4-8-16-12-14-6-5-7-15(11-14)21(18,19)17-9-10-20-13(2)3/h5-7,11,13,16-17H,4,8-10,12H2,1-3H3. The summed E-state index contributed by atoms with van der Waals surface area (Å²) in [6.07, 6.45) is 1.15. The van der Waals surface area contributed by atoms with Crippen LogP contribution in [0.5, 0.6) is 0 Å². The van der Waals surface area contributed by atoms with Gasteiger partial charge >= 0.3 is 0 Å². The summed E-state index contributed by atoms with van der Waals surface area (Å²) in [5.41, 5.74) is 0.963. The van der Waals surface area contributed by atoms with E-state index in [2.05, 4.69) is 17.0 Å². The predicted molar refractivity (Wildman–Crippen MR) is 84.7 cm³/mol. The van der Waals surface area contributed by atoms with Gasteiger partial charge in [-0.2, -0.15) is 0 Å². The second-order valence-electron chi connectivity index (χ2n) is 5.14. The molecule has 1 rings (SSSR count). The quantitative estimate of drug-likeness (QED) is 0.647. The molecule has 0 unspecified atom stereocenters. The van der Waals surface area contributed by atoms with E-state index in [0.717, 1.165) is 18.5 Å². The van der Waals surface area contributed by atoms with E-state index >= 15 is 0 Å². The second kappa shape index (κ2) is 9.15. The van der Waals surface area contributed by atoms with Gasteiger partial charge in [0, 0.05) is 13.1 Å². The fraction of sp³-hybridized carbons (Fsp3) is 0.600. The van der Waals surface area contributed by atoms with Gasteiger partial charge in [0.2, 0.25) is 10.0 Å². The summed E-state index contributed by atoms with van der Waals surface area (Å²) in [7, 11) is -3.47. The van der Waals surface area contributed by atoms with Crippen LogP contribution < -0.4 is 10.0 Å². The van der Waals surface area contributed by atoms with E-state index in [9.17, 15) is 8.42 Å². The molecule has 0 spiro atoms. The number of sulfonamides is 1. The van der Waals surface area contributed by atoms with Crippen molar-refractivity contribution in [3.8, 4) is 0 Å². The van der Waals surface area contributed by atoms with Crippen molar-refractivity contribution >= 4 is 10.0 Å². The van der Waals surface area contributed by atoms with Crippen LogP contribution in [0.4, 0.5) is 0 Å². The van der Waals surface area contributed by atoms with Crippen LogP contribution in [0.15, 0.2) is 29.2 Å². The topological polar surface area (TPSA) is 67.4 Å². The Bertz CT molecular complexity index is 515. The minimum Gasteiger partial charge on any atom is -0.377 e. The fourth-order valence-corrected chi connectivity index (χ4v) is 2.87. The molecule has 0 radical (unpaired) electrons. The third-order valence-corrected chi connectivity index (χ3v) is 4.27. The van der Waals surface area contributed by atoms with E-state index in [-0.39, 0.29) is 12.6 Å². The number of benzene rings is 1. The number of nitrogens with one attached hydrogen (secondary N) is 2. The van der Waals surface area contributed by atoms with Crippen LogP contribution in [-0.2, 0) is 21.3 Å². The molecule has 1 aromatic carbocycles. The normalized spacial score (nSPS) is 12.0. The van der Waals surface area contributed by atoms with Gasteiger partial charge in [-0.05, 0) is 44.5 Å². The summed E-state index contributed by atoms with van der Waals surface area (Å²) in [6.45, 7) is 8.17. The molecule has 0 heterocycles. The summed E-state index contributed by atoms with van der Waals surface area (Å²) < 4.78 is 32.2. The van der Waals surface area contributed by atoms with E-state index in [0.29, 0.717) is 18.0 Å². The minimum atomic E-state index is -3.47. The van der Waals surface area contributed by atoms with E-state index in [1.165, 1.54) is 0 Å². The molecule has 2 N–H and O–H groups in total. The van der Waals surface area contributed by atoms with E-state index < -0.39 is 10.0 Å². The fourth-order valence-electron chi connectivity index (χ4n) is 1.79. The highest BCUT2D eigenvalue weighted by molar-refractivity contribution is 7.89. The van der Waals surface area contributed by atoms with Crippen molar-refractivity contribution in [3.05, 3.63) is 29.8 Å². The first-order valence-corrected chi connectivity index (χ1v) is 8.85. The molecule has 1 aromatic rings. The van der Waals surface area contributed by atoms with Crippen molar-refractivity contribution < 1.29 is 13.2 Å². The van der Waals surface area contributed by atoms with Crippen LogP contribution >= 0.6 is 0 Å². The third kappa shape index (κ3) is 7.04. The lowest BCUT2D eigenvalue weighted by Gasteiger charge is -2.10. The Kier molecular flexibility index (Phi) is 7.88. The van der Waals surface area contributed by atoms with Gasteiger partial charge < -0.3 is 10.1 Å². The molecular weight excluding hydrogens is 288 g/mol. The van der Waals surface area contributed by atoms with Crippen LogP contribution in [0.3, 0.4) is 0 Å². The lowest BCUT2D eigenvalue weighted by Crippen LogP contribution is -2.28. The first-order chi connectivity index (χ1) is 9.95. The minimum absolute atomic E-state index is 0.0995. The van der Waals surface area contributed by atoms with Crippen molar-refractivity contribution in [1.29, 1.82) is 0 Å². The van der Waals surface area contributed by atoms with E-state index in [4.69, 9.17) is 4.74 Å². The highest BCUT2D eigenvalue weighted by Gasteiger charge is 2.13. The maximum Gasteiger partial charge on any atom is 0.240 e. The molecule has 120 valence electrons. The lowest BCUT2D eigenvalue weighted by atomic mass is 10.2. The van der Waals surface area contributed by atoms with E-state index in [1.54, 1.807) is 18.2 Å². The highest BCUT2D eigenvalue weighted by Crippen LogP contribution is 2.11. The predicted octanol–water partition coefficient (Wildman–Crippen LogP) is 1.89. The summed E-state index contributed by atoms with van der Waals surface area (Å²) in [6, 6.07) is 6.99. The summed E-state index contributed by atoms with van der Waals surface area (Å²) in [5.74, 6) is 0. The molecule has 0 atom stereocenters. The maximum absolute atomic E-state index is 12.2. The van der Waals surface area contributed by atoms with Gasteiger partial charge in [-0.1, -0.05) is 19.1 Å². The zero-order chi connectivity index (χ0) is 15.7. The Balaban J connectivity index is 2.59. The van der Waals surface area contributed by atoms with Gasteiger partial charge in [0.1, 0.15) is 0 Å². The monoisotopic (exact) mass is 314 g/mol. The van der Waals surface area contributed by atoms with Crippen molar-refractivity contribution in [3.63, 3.8) is 0 Å². The molecule has 0 saturated carbocycles. The summed E-state index contributed by atoms with van der Waals surface area (Å²) in [4.78, 5) is 0.294. The van der Waals surface area contributed by atoms with Crippen LogP contribution in [-0.4, -0.2) is 34.2 Å². The van der Waals surface area contributed by atoms with Gasteiger partial charge in [0.15, 0.2) is 0 Å².